The number of rotatable bonds is 2. The van der Waals surface area contributed by atoms with Crippen molar-refractivity contribution >= 4 is 11.0 Å². The molecule has 2 aromatic heterocycles. The second kappa shape index (κ2) is 4.49. The zero-order valence-corrected chi connectivity index (χ0v) is 10.9. The molecule has 4 aromatic rings. The minimum Gasteiger partial charge on any atom is -0.507 e. The van der Waals surface area contributed by atoms with Gasteiger partial charge in [0, 0.05) is 5.39 Å². The van der Waals surface area contributed by atoms with Crippen molar-refractivity contribution < 1.29 is 14.0 Å². The lowest BCUT2D eigenvalue weighted by atomic mass is 10.1. The van der Waals surface area contributed by atoms with E-state index in [0.717, 1.165) is 16.5 Å². The lowest BCUT2D eigenvalue weighted by Gasteiger charge is -1.96. The summed E-state index contributed by atoms with van der Waals surface area (Å²) in [5.41, 5.74) is 2.03. The lowest BCUT2D eigenvalue weighted by molar-refractivity contribution is 0.425. The summed E-state index contributed by atoms with van der Waals surface area (Å²) in [5.74, 6) is 0.802. The van der Waals surface area contributed by atoms with Gasteiger partial charge in [0.2, 0.25) is 5.82 Å². The Morgan fingerprint density at radius 3 is 2.62 bits per heavy atom. The fraction of sp³-hybridized carbons (Fsp3) is 0. The number of phenolic OH excluding ortho intramolecular Hbond substituents is 1. The second-order valence-electron chi connectivity index (χ2n) is 4.59. The predicted octanol–water partition coefficient (Wildman–Crippen LogP) is 3.86. The summed E-state index contributed by atoms with van der Waals surface area (Å²) >= 11 is 0. The van der Waals surface area contributed by atoms with E-state index in [-0.39, 0.29) is 11.6 Å². The summed E-state index contributed by atoms with van der Waals surface area (Å²) in [6, 6.07) is 14.5. The summed E-state index contributed by atoms with van der Waals surface area (Å²) in [5, 5.41) is 14.7. The van der Waals surface area contributed by atoms with Crippen LogP contribution in [0.1, 0.15) is 0 Å². The van der Waals surface area contributed by atoms with Crippen molar-refractivity contribution in [2.24, 2.45) is 0 Å². The smallest absolute Gasteiger partial charge is 0.262 e. The number of para-hydroxylation sites is 2. The first-order valence-electron chi connectivity index (χ1n) is 6.41. The molecule has 2 heterocycles. The molecular formula is C16H10N2O3. The van der Waals surface area contributed by atoms with Gasteiger partial charge in [-0.05, 0) is 18.2 Å². The molecule has 0 saturated carbocycles. The molecule has 21 heavy (non-hydrogen) atoms. The zero-order valence-electron chi connectivity index (χ0n) is 10.9. The SMILES string of the molecule is Oc1ccccc1-c1nc(-c2coc3ccccc23)no1. The van der Waals surface area contributed by atoms with E-state index in [4.69, 9.17) is 8.94 Å². The second-order valence-corrected chi connectivity index (χ2v) is 4.59. The molecule has 0 saturated heterocycles. The van der Waals surface area contributed by atoms with Crippen LogP contribution < -0.4 is 0 Å². The molecule has 5 heteroatoms. The van der Waals surface area contributed by atoms with Gasteiger partial charge in [0.25, 0.3) is 5.89 Å². The summed E-state index contributed by atoms with van der Waals surface area (Å²) in [4.78, 5) is 4.34. The van der Waals surface area contributed by atoms with Crippen molar-refractivity contribution in [2.45, 2.75) is 0 Å². The predicted molar refractivity (Wildman–Crippen MR) is 76.6 cm³/mol. The van der Waals surface area contributed by atoms with Crippen LogP contribution in [0.4, 0.5) is 0 Å². The fourth-order valence-corrected chi connectivity index (χ4v) is 2.25. The van der Waals surface area contributed by atoms with E-state index < -0.39 is 0 Å². The topological polar surface area (TPSA) is 72.3 Å². The summed E-state index contributed by atoms with van der Waals surface area (Å²) in [6.07, 6.45) is 1.60. The zero-order chi connectivity index (χ0) is 14.2. The number of fused-ring (bicyclic) bond motifs is 1. The average molecular weight is 278 g/mol. The van der Waals surface area contributed by atoms with Crippen LogP contribution in [0.3, 0.4) is 0 Å². The van der Waals surface area contributed by atoms with E-state index in [1.807, 2.05) is 24.3 Å². The third-order valence-corrected chi connectivity index (χ3v) is 3.28. The Morgan fingerprint density at radius 1 is 0.905 bits per heavy atom. The molecular weight excluding hydrogens is 268 g/mol. The monoisotopic (exact) mass is 278 g/mol. The number of aromatic hydroxyl groups is 1. The Labute approximate surface area is 119 Å². The number of aromatic nitrogens is 2. The minimum atomic E-state index is 0.102. The van der Waals surface area contributed by atoms with Crippen LogP contribution in [0.2, 0.25) is 0 Å². The first-order chi connectivity index (χ1) is 10.3. The Hall–Kier alpha value is -3.08. The molecule has 0 amide bonds. The van der Waals surface area contributed by atoms with Crippen LogP contribution in [0.5, 0.6) is 5.75 Å². The first-order valence-corrected chi connectivity index (χ1v) is 6.41. The molecule has 0 aliphatic rings. The van der Waals surface area contributed by atoms with Crippen LogP contribution in [-0.4, -0.2) is 15.2 Å². The van der Waals surface area contributed by atoms with E-state index in [9.17, 15) is 5.11 Å². The third kappa shape index (κ3) is 1.87. The number of hydrogen-bond acceptors (Lipinski definition) is 5. The maximum Gasteiger partial charge on any atom is 0.262 e. The van der Waals surface area contributed by atoms with Crippen LogP contribution in [0, 0.1) is 0 Å². The number of nitrogens with zero attached hydrogens (tertiary/aromatic N) is 2. The molecule has 5 nitrogen and oxygen atoms in total. The Morgan fingerprint density at radius 2 is 1.71 bits per heavy atom. The first kappa shape index (κ1) is 11.7. The van der Waals surface area contributed by atoms with Crippen molar-refractivity contribution in [3.05, 3.63) is 54.8 Å². The Kier molecular flexibility index (Phi) is 2.50. The molecule has 0 atom stereocenters. The van der Waals surface area contributed by atoms with Gasteiger partial charge in [-0.3, -0.25) is 0 Å². The highest BCUT2D eigenvalue weighted by molar-refractivity contribution is 5.92. The van der Waals surface area contributed by atoms with Crippen molar-refractivity contribution in [3.8, 4) is 28.6 Å². The van der Waals surface area contributed by atoms with E-state index in [0.29, 0.717) is 11.4 Å². The molecule has 4 rings (SSSR count). The average Bonchev–Trinajstić information content (AvgIpc) is 3.14. The van der Waals surface area contributed by atoms with Gasteiger partial charge in [0.1, 0.15) is 17.6 Å². The molecule has 0 bridgehead atoms. The molecule has 0 fully saturated rings. The molecule has 0 spiro atoms. The number of furan rings is 1. The number of hydrogen-bond donors (Lipinski definition) is 1. The highest BCUT2D eigenvalue weighted by atomic mass is 16.5. The number of benzene rings is 2. The van der Waals surface area contributed by atoms with Gasteiger partial charge in [-0.2, -0.15) is 4.98 Å². The van der Waals surface area contributed by atoms with E-state index in [1.54, 1.807) is 30.5 Å². The summed E-state index contributed by atoms with van der Waals surface area (Å²) in [7, 11) is 0. The molecule has 0 radical (unpaired) electrons. The summed E-state index contributed by atoms with van der Waals surface area (Å²) < 4.78 is 10.7. The van der Waals surface area contributed by atoms with Gasteiger partial charge in [-0.25, -0.2) is 0 Å². The maximum atomic E-state index is 9.83. The van der Waals surface area contributed by atoms with Gasteiger partial charge in [-0.15, -0.1) is 0 Å². The Bertz CT molecular complexity index is 924. The van der Waals surface area contributed by atoms with E-state index >= 15 is 0 Å². The van der Waals surface area contributed by atoms with Gasteiger partial charge < -0.3 is 14.0 Å². The van der Waals surface area contributed by atoms with E-state index in [2.05, 4.69) is 10.1 Å². The molecule has 1 N–H and O–H groups in total. The highest BCUT2D eigenvalue weighted by Crippen LogP contribution is 2.32. The maximum absolute atomic E-state index is 9.83. The highest BCUT2D eigenvalue weighted by Gasteiger charge is 2.16. The standard InChI is InChI=1S/C16H10N2O3/c19-13-7-3-1-6-11(13)16-17-15(18-21-16)12-9-20-14-8-4-2-5-10(12)14/h1-9,19H. The molecule has 0 unspecified atom stereocenters. The van der Waals surface area contributed by atoms with Gasteiger partial charge >= 0.3 is 0 Å². The van der Waals surface area contributed by atoms with Crippen LogP contribution in [0.15, 0.2) is 63.7 Å². The third-order valence-electron chi connectivity index (χ3n) is 3.28. The fourth-order valence-electron chi connectivity index (χ4n) is 2.25. The van der Waals surface area contributed by atoms with E-state index in [1.165, 1.54) is 0 Å². The van der Waals surface area contributed by atoms with Crippen molar-refractivity contribution in [2.75, 3.05) is 0 Å². The van der Waals surface area contributed by atoms with Crippen LogP contribution >= 0.6 is 0 Å². The van der Waals surface area contributed by atoms with Crippen molar-refractivity contribution in [1.82, 2.24) is 10.1 Å². The normalized spacial score (nSPS) is 11.0. The quantitative estimate of drug-likeness (QED) is 0.602. The lowest BCUT2D eigenvalue weighted by Crippen LogP contribution is -1.80. The molecule has 0 aliphatic carbocycles. The van der Waals surface area contributed by atoms with Crippen molar-refractivity contribution in [3.63, 3.8) is 0 Å². The van der Waals surface area contributed by atoms with Gasteiger partial charge in [-0.1, -0.05) is 35.5 Å². The van der Waals surface area contributed by atoms with Crippen molar-refractivity contribution in [1.29, 1.82) is 0 Å². The molecule has 0 aliphatic heterocycles. The van der Waals surface area contributed by atoms with Gasteiger partial charge in [0.15, 0.2) is 0 Å². The van der Waals surface area contributed by atoms with Gasteiger partial charge in [0.05, 0.1) is 11.1 Å². The largest absolute Gasteiger partial charge is 0.507 e. The number of phenols is 1. The molecule has 102 valence electrons. The van der Waals surface area contributed by atoms with Crippen LogP contribution in [-0.2, 0) is 0 Å². The van der Waals surface area contributed by atoms with Crippen LogP contribution in [0.25, 0.3) is 33.8 Å². The Balaban J connectivity index is 1.83. The minimum absolute atomic E-state index is 0.102. The summed E-state index contributed by atoms with van der Waals surface area (Å²) in [6.45, 7) is 0. The molecule has 2 aromatic carbocycles.